The van der Waals surface area contributed by atoms with Crippen molar-refractivity contribution in [3.63, 3.8) is 0 Å². The van der Waals surface area contributed by atoms with Crippen LogP contribution in [0.25, 0.3) is 11.8 Å². The van der Waals surface area contributed by atoms with Gasteiger partial charge in [0.1, 0.15) is 17.1 Å². The van der Waals surface area contributed by atoms with E-state index in [4.69, 9.17) is 9.47 Å². The molecule has 3 rings (SSSR count). The summed E-state index contributed by atoms with van der Waals surface area (Å²) in [6, 6.07) is 24.0. The van der Waals surface area contributed by atoms with Crippen molar-refractivity contribution in [3.8, 4) is 5.75 Å². The Balaban J connectivity index is 2.07. The van der Waals surface area contributed by atoms with Crippen LogP contribution in [0.2, 0.25) is 0 Å². The molecular formula is C29H33NO4S. The maximum atomic E-state index is 13.7. The number of hydrogen-bond donors (Lipinski definition) is 0. The maximum Gasteiger partial charge on any atom is 0.264 e. The number of ether oxygens (including phenoxy) is 2. The minimum Gasteiger partial charge on any atom is -0.497 e. The predicted octanol–water partition coefficient (Wildman–Crippen LogP) is 6.52. The summed E-state index contributed by atoms with van der Waals surface area (Å²) in [5, 5.41) is 0. The van der Waals surface area contributed by atoms with Crippen LogP contribution >= 0.6 is 0 Å². The van der Waals surface area contributed by atoms with Crippen LogP contribution in [0.15, 0.2) is 96.0 Å². The van der Waals surface area contributed by atoms with Crippen molar-refractivity contribution in [1.29, 1.82) is 0 Å². The molecule has 35 heavy (non-hydrogen) atoms. The van der Waals surface area contributed by atoms with Crippen LogP contribution in [0, 0.1) is 6.92 Å². The third-order valence-electron chi connectivity index (χ3n) is 5.07. The molecule has 0 spiro atoms. The lowest BCUT2D eigenvalue weighted by Gasteiger charge is -2.26. The average Bonchev–Trinajstić information content (AvgIpc) is 2.83. The number of hydrogen-bond acceptors (Lipinski definition) is 4. The minimum atomic E-state index is -3.84. The summed E-state index contributed by atoms with van der Waals surface area (Å²) in [4.78, 5) is 0.220. The third kappa shape index (κ3) is 7.49. The van der Waals surface area contributed by atoms with Crippen molar-refractivity contribution in [1.82, 2.24) is 4.31 Å². The molecule has 3 aromatic rings. The van der Waals surface area contributed by atoms with Gasteiger partial charge in [0, 0.05) is 5.56 Å². The lowest BCUT2D eigenvalue weighted by atomic mass is 10.1. The number of rotatable bonds is 9. The van der Waals surface area contributed by atoms with Gasteiger partial charge in [0.15, 0.2) is 0 Å². The molecule has 0 amide bonds. The first-order valence-electron chi connectivity index (χ1n) is 11.4. The molecule has 5 nitrogen and oxygen atoms in total. The fourth-order valence-electron chi connectivity index (χ4n) is 3.30. The van der Waals surface area contributed by atoms with E-state index in [2.05, 4.69) is 0 Å². The molecule has 0 unspecified atom stereocenters. The van der Waals surface area contributed by atoms with Gasteiger partial charge in [-0.05, 0) is 69.7 Å². The van der Waals surface area contributed by atoms with Crippen LogP contribution in [-0.4, -0.2) is 32.0 Å². The molecule has 0 aliphatic rings. The van der Waals surface area contributed by atoms with Crippen molar-refractivity contribution < 1.29 is 17.9 Å². The second kappa shape index (κ2) is 11.3. The summed E-state index contributed by atoms with van der Waals surface area (Å²) in [6.07, 6.45) is 5.31. The van der Waals surface area contributed by atoms with Crippen LogP contribution in [0.5, 0.6) is 5.75 Å². The first kappa shape index (κ1) is 26.1. The Kier molecular flexibility index (Phi) is 8.41. The summed E-state index contributed by atoms with van der Waals surface area (Å²) < 4.78 is 40.2. The molecule has 0 saturated carbocycles. The first-order chi connectivity index (χ1) is 16.6. The highest BCUT2D eigenvalue weighted by atomic mass is 32.2. The fraction of sp³-hybridized carbons (Fsp3) is 0.241. The minimum absolute atomic E-state index is 0.137. The molecule has 0 aromatic heterocycles. The lowest BCUT2D eigenvalue weighted by Crippen LogP contribution is -2.28. The van der Waals surface area contributed by atoms with Gasteiger partial charge in [-0.25, -0.2) is 8.42 Å². The normalized spacial score (nSPS) is 12.5. The monoisotopic (exact) mass is 491 g/mol. The smallest absolute Gasteiger partial charge is 0.264 e. The zero-order valence-corrected chi connectivity index (χ0v) is 21.7. The highest BCUT2D eigenvalue weighted by Gasteiger charge is 2.24. The number of nitrogens with zero attached hydrogens (tertiary/aromatic N) is 1. The van der Waals surface area contributed by atoms with Crippen molar-refractivity contribution >= 4 is 21.9 Å². The molecule has 184 valence electrons. The van der Waals surface area contributed by atoms with Gasteiger partial charge >= 0.3 is 0 Å². The molecule has 0 aliphatic carbocycles. The van der Waals surface area contributed by atoms with Crippen LogP contribution in [0.3, 0.4) is 0 Å². The summed E-state index contributed by atoms with van der Waals surface area (Å²) in [5.74, 6) is 1.16. The molecule has 3 aromatic carbocycles. The molecule has 6 heteroatoms. The molecule has 0 saturated heterocycles. The summed E-state index contributed by atoms with van der Waals surface area (Å²) in [5.41, 5.74) is 2.19. The largest absolute Gasteiger partial charge is 0.497 e. The second-order valence-corrected chi connectivity index (χ2v) is 11.0. The summed E-state index contributed by atoms with van der Waals surface area (Å²) in [7, 11) is -2.24. The number of sulfonamides is 1. The van der Waals surface area contributed by atoms with Gasteiger partial charge in [0.2, 0.25) is 0 Å². The van der Waals surface area contributed by atoms with Crippen LogP contribution < -0.4 is 4.74 Å². The molecule has 0 fully saturated rings. The molecule has 0 atom stereocenters. The Bertz CT molecular complexity index is 1260. The lowest BCUT2D eigenvalue weighted by molar-refractivity contribution is 0.0956. The van der Waals surface area contributed by atoms with Gasteiger partial charge in [-0.15, -0.1) is 0 Å². The molecule has 0 radical (unpaired) electrons. The van der Waals surface area contributed by atoms with E-state index in [0.717, 1.165) is 16.7 Å². The highest BCUT2D eigenvalue weighted by Crippen LogP contribution is 2.27. The first-order valence-corrected chi connectivity index (χ1v) is 12.9. The van der Waals surface area contributed by atoms with Gasteiger partial charge in [-0.2, -0.15) is 0 Å². The predicted molar refractivity (Wildman–Crippen MR) is 142 cm³/mol. The van der Waals surface area contributed by atoms with Gasteiger partial charge in [0.05, 0.1) is 24.7 Å². The molecule has 0 N–H and O–H groups in total. The quantitative estimate of drug-likeness (QED) is 0.320. The Morgan fingerprint density at radius 3 is 2.11 bits per heavy atom. The van der Waals surface area contributed by atoms with E-state index in [1.165, 1.54) is 4.31 Å². The van der Waals surface area contributed by atoms with Crippen molar-refractivity contribution in [3.05, 3.63) is 108 Å². The van der Waals surface area contributed by atoms with Gasteiger partial charge < -0.3 is 9.47 Å². The Morgan fingerprint density at radius 2 is 1.54 bits per heavy atom. The topological polar surface area (TPSA) is 55.8 Å². The number of methoxy groups -OCH3 is 1. The van der Waals surface area contributed by atoms with E-state index in [-0.39, 0.29) is 11.4 Å². The Labute approximate surface area is 209 Å². The van der Waals surface area contributed by atoms with E-state index < -0.39 is 15.6 Å². The van der Waals surface area contributed by atoms with E-state index in [9.17, 15) is 8.42 Å². The van der Waals surface area contributed by atoms with Crippen molar-refractivity contribution in [2.45, 2.75) is 38.2 Å². The van der Waals surface area contributed by atoms with Crippen LogP contribution in [0.4, 0.5) is 0 Å². The van der Waals surface area contributed by atoms with E-state index in [1.807, 2.05) is 94.4 Å². The van der Waals surface area contributed by atoms with Crippen molar-refractivity contribution in [2.75, 3.05) is 13.7 Å². The van der Waals surface area contributed by atoms with Crippen molar-refractivity contribution in [2.24, 2.45) is 0 Å². The van der Waals surface area contributed by atoms with E-state index >= 15 is 0 Å². The SMILES string of the molecule is COc1ccc(/C(=C/N(C/C=C/c2ccccc2)S(=O)(=O)c2ccc(C)cc2)OC(C)(C)C)cc1. The zero-order valence-electron chi connectivity index (χ0n) is 20.9. The average molecular weight is 492 g/mol. The molecule has 0 heterocycles. The molecule has 0 bridgehead atoms. The standard InChI is InChI=1S/C29H33NO4S/c1-23-13-19-27(20-14-23)35(31,32)30(21-9-12-24-10-7-6-8-11-24)22-28(34-29(2,3)4)25-15-17-26(33-5)18-16-25/h6-20,22H,21H2,1-5H3/b12-9+,28-22-. The zero-order chi connectivity index (χ0) is 25.5. The third-order valence-corrected chi connectivity index (χ3v) is 6.81. The molecule has 0 aliphatic heterocycles. The van der Waals surface area contributed by atoms with E-state index in [0.29, 0.717) is 11.5 Å². The second-order valence-electron chi connectivity index (χ2n) is 9.14. The fourth-order valence-corrected chi connectivity index (χ4v) is 4.57. The van der Waals surface area contributed by atoms with Crippen LogP contribution in [0.1, 0.15) is 37.5 Å². The maximum absolute atomic E-state index is 13.7. The van der Waals surface area contributed by atoms with E-state index in [1.54, 1.807) is 37.6 Å². The van der Waals surface area contributed by atoms with Gasteiger partial charge in [-0.1, -0.05) is 60.2 Å². The summed E-state index contributed by atoms with van der Waals surface area (Å²) in [6.45, 7) is 7.85. The van der Waals surface area contributed by atoms with Gasteiger partial charge in [0.25, 0.3) is 10.0 Å². The van der Waals surface area contributed by atoms with Crippen LogP contribution in [-0.2, 0) is 14.8 Å². The molecular weight excluding hydrogens is 458 g/mol. The summed E-state index contributed by atoms with van der Waals surface area (Å²) >= 11 is 0. The number of aryl methyl sites for hydroxylation is 1. The Morgan fingerprint density at radius 1 is 0.914 bits per heavy atom. The number of benzene rings is 3. The van der Waals surface area contributed by atoms with Gasteiger partial charge in [-0.3, -0.25) is 4.31 Å². The highest BCUT2D eigenvalue weighted by molar-refractivity contribution is 7.89. The Hall–Kier alpha value is -3.51.